The molecule has 2 rings (SSSR count). The van der Waals surface area contributed by atoms with Crippen molar-refractivity contribution in [3.05, 3.63) is 51.0 Å². The number of rotatable bonds is 5. The Balaban J connectivity index is 2.46. The van der Waals surface area contributed by atoms with Crippen LogP contribution in [0.5, 0.6) is 5.75 Å². The van der Waals surface area contributed by atoms with Crippen LogP contribution in [0.15, 0.2) is 29.2 Å². The monoisotopic (exact) mass is 336 g/mol. The van der Waals surface area contributed by atoms with Crippen LogP contribution in [0, 0.1) is 6.92 Å². The summed E-state index contributed by atoms with van der Waals surface area (Å²) >= 11 is 6.16. The van der Waals surface area contributed by atoms with Gasteiger partial charge in [0.1, 0.15) is 17.2 Å². The molecule has 0 aliphatic rings. The minimum atomic E-state index is -0.530. The topological polar surface area (TPSA) is 96.2 Å². The van der Waals surface area contributed by atoms with Crippen molar-refractivity contribution in [1.29, 1.82) is 0 Å². The standard InChI is InChI=1S/C16H21ClN4O2/c1-10-6-12(17)7-11(14(10)23-16(2,3)9-18)8-21-5-4-13(19)20-15(21)22/h4-7H,8-9,18H2,1-3H3,(H2,19,20,22). The molecule has 1 heterocycles. The van der Waals surface area contributed by atoms with Gasteiger partial charge < -0.3 is 16.2 Å². The van der Waals surface area contributed by atoms with Crippen molar-refractivity contribution in [1.82, 2.24) is 9.55 Å². The fourth-order valence-corrected chi connectivity index (χ4v) is 2.42. The van der Waals surface area contributed by atoms with E-state index < -0.39 is 11.3 Å². The predicted molar refractivity (Wildman–Crippen MR) is 92.0 cm³/mol. The molecule has 0 unspecified atom stereocenters. The van der Waals surface area contributed by atoms with E-state index in [0.717, 1.165) is 11.1 Å². The van der Waals surface area contributed by atoms with Gasteiger partial charge in [-0.05, 0) is 44.5 Å². The number of nitrogen functional groups attached to an aromatic ring is 1. The van der Waals surface area contributed by atoms with E-state index in [1.54, 1.807) is 18.3 Å². The molecular weight excluding hydrogens is 316 g/mol. The predicted octanol–water partition coefficient (Wildman–Crippen LogP) is 1.95. The second-order valence-electron chi connectivity index (χ2n) is 6.04. The normalized spacial score (nSPS) is 11.5. The summed E-state index contributed by atoms with van der Waals surface area (Å²) in [6.07, 6.45) is 1.60. The summed E-state index contributed by atoms with van der Waals surface area (Å²) in [5.41, 5.74) is 12.0. The Hall–Kier alpha value is -2.05. The fourth-order valence-electron chi connectivity index (χ4n) is 2.13. The zero-order valence-electron chi connectivity index (χ0n) is 13.5. The molecule has 0 aliphatic carbocycles. The van der Waals surface area contributed by atoms with Gasteiger partial charge in [0, 0.05) is 23.3 Å². The second-order valence-corrected chi connectivity index (χ2v) is 6.48. The lowest BCUT2D eigenvalue weighted by Crippen LogP contribution is -2.37. The molecule has 0 spiro atoms. The number of hydrogen-bond donors (Lipinski definition) is 2. The molecule has 0 saturated carbocycles. The van der Waals surface area contributed by atoms with Crippen LogP contribution in [0.3, 0.4) is 0 Å². The minimum Gasteiger partial charge on any atom is -0.486 e. The van der Waals surface area contributed by atoms with Crippen LogP contribution in [0.2, 0.25) is 5.02 Å². The van der Waals surface area contributed by atoms with Crippen molar-refractivity contribution < 1.29 is 4.74 Å². The number of nitrogens with zero attached hydrogens (tertiary/aromatic N) is 2. The van der Waals surface area contributed by atoms with Crippen LogP contribution in [0.1, 0.15) is 25.0 Å². The minimum absolute atomic E-state index is 0.189. The van der Waals surface area contributed by atoms with Crippen LogP contribution in [-0.4, -0.2) is 21.7 Å². The van der Waals surface area contributed by atoms with Crippen molar-refractivity contribution in [2.24, 2.45) is 5.73 Å². The third-order valence-corrected chi connectivity index (χ3v) is 3.64. The Morgan fingerprint density at radius 1 is 1.39 bits per heavy atom. The smallest absolute Gasteiger partial charge is 0.349 e. The molecule has 0 aliphatic heterocycles. The molecule has 0 fully saturated rings. The van der Waals surface area contributed by atoms with Gasteiger partial charge in [0.05, 0.1) is 6.54 Å². The van der Waals surface area contributed by atoms with Crippen LogP contribution in [-0.2, 0) is 6.54 Å². The Labute approximate surface area is 140 Å². The largest absolute Gasteiger partial charge is 0.486 e. The number of anilines is 1. The van der Waals surface area contributed by atoms with Gasteiger partial charge in [0.2, 0.25) is 0 Å². The lowest BCUT2D eigenvalue weighted by Gasteiger charge is -2.27. The second kappa shape index (κ2) is 6.60. The van der Waals surface area contributed by atoms with E-state index in [-0.39, 0.29) is 12.4 Å². The van der Waals surface area contributed by atoms with E-state index >= 15 is 0 Å². The molecule has 1 aromatic heterocycles. The van der Waals surface area contributed by atoms with Crippen molar-refractivity contribution in [3.63, 3.8) is 0 Å². The highest BCUT2D eigenvalue weighted by Crippen LogP contribution is 2.31. The SMILES string of the molecule is Cc1cc(Cl)cc(Cn2ccc(N)nc2=O)c1OC(C)(C)CN. The van der Waals surface area contributed by atoms with Crippen LogP contribution < -0.4 is 21.9 Å². The summed E-state index contributed by atoms with van der Waals surface area (Å²) in [6, 6.07) is 5.17. The van der Waals surface area contributed by atoms with Crippen LogP contribution in [0.4, 0.5) is 5.82 Å². The number of aryl methyl sites for hydroxylation is 1. The van der Waals surface area contributed by atoms with E-state index in [1.165, 1.54) is 4.57 Å². The highest BCUT2D eigenvalue weighted by Gasteiger charge is 2.21. The Morgan fingerprint density at radius 3 is 2.70 bits per heavy atom. The molecule has 1 aromatic carbocycles. The summed E-state index contributed by atoms with van der Waals surface area (Å²) < 4.78 is 7.51. The van der Waals surface area contributed by atoms with Gasteiger partial charge >= 0.3 is 5.69 Å². The first kappa shape index (κ1) is 17.3. The lowest BCUT2D eigenvalue weighted by atomic mass is 10.1. The number of halogens is 1. The summed E-state index contributed by atoms with van der Waals surface area (Å²) in [4.78, 5) is 15.7. The molecule has 124 valence electrons. The average Bonchev–Trinajstić information content (AvgIpc) is 2.45. The first-order chi connectivity index (χ1) is 10.7. The lowest BCUT2D eigenvalue weighted by molar-refractivity contribution is 0.116. The summed E-state index contributed by atoms with van der Waals surface area (Å²) in [7, 11) is 0. The maximum absolute atomic E-state index is 11.9. The van der Waals surface area contributed by atoms with Crippen LogP contribution >= 0.6 is 11.6 Å². The summed E-state index contributed by atoms with van der Waals surface area (Å²) in [6.45, 7) is 6.35. The van der Waals surface area contributed by atoms with E-state index in [0.29, 0.717) is 17.3 Å². The molecule has 6 nitrogen and oxygen atoms in total. The first-order valence-corrected chi connectivity index (χ1v) is 7.61. The zero-order valence-corrected chi connectivity index (χ0v) is 14.2. The molecule has 0 bridgehead atoms. The van der Waals surface area contributed by atoms with Gasteiger partial charge in [-0.2, -0.15) is 4.98 Å². The molecule has 0 radical (unpaired) electrons. The zero-order chi connectivity index (χ0) is 17.2. The number of aromatic nitrogens is 2. The fraction of sp³-hybridized carbons (Fsp3) is 0.375. The van der Waals surface area contributed by atoms with Gasteiger partial charge in [-0.1, -0.05) is 11.6 Å². The van der Waals surface area contributed by atoms with Crippen molar-refractivity contribution >= 4 is 17.4 Å². The van der Waals surface area contributed by atoms with Crippen molar-refractivity contribution in [2.75, 3.05) is 12.3 Å². The van der Waals surface area contributed by atoms with Gasteiger partial charge in [-0.15, -0.1) is 0 Å². The molecule has 23 heavy (non-hydrogen) atoms. The molecule has 0 saturated heterocycles. The molecule has 0 atom stereocenters. The third kappa shape index (κ3) is 4.24. The quantitative estimate of drug-likeness (QED) is 0.870. The van der Waals surface area contributed by atoms with Crippen LogP contribution in [0.25, 0.3) is 0 Å². The number of hydrogen-bond acceptors (Lipinski definition) is 5. The maximum atomic E-state index is 11.9. The van der Waals surface area contributed by atoms with E-state index in [2.05, 4.69) is 4.98 Å². The van der Waals surface area contributed by atoms with E-state index in [1.807, 2.05) is 26.8 Å². The highest BCUT2D eigenvalue weighted by atomic mass is 35.5. The molecule has 0 amide bonds. The third-order valence-electron chi connectivity index (χ3n) is 3.42. The number of ether oxygens (including phenoxy) is 1. The summed E-state index contributed by atoms with van der Waals surface area (Å²) in [5, 5.41) is 0.576. The average molecular weight is 337 g/mol. The number of nitrogens with two attached hydrogens (primary N) is 2. The van der Waals surface area contributed by atoms with Gasteiger partial charge in [0.15, 0.2) is 0 Å². The molecular formula is C16H21ClN4O2. The van der Waals surface area contributed by atoms with E-state index in [4.69, 9.17) is 27.8 Å². The number of benzene rings is 1. The Morgan fingerprint density at radius 2 is 2.09 bits per heavy atom. The Bertz CT molecular complexity index is 771. The summed E-state index contributed by atoms with van der Waals surface area (Å²) in [5.74, 6) is 0.864. The van der Waals surface area contributed by atoms with Crippen molar-refractivity contribution in [2.45, 2.75) is 32.9 Å². The molecule has 7 heteroatoms. The van der Waals surface area contributed by atoms with E-state index in [9.17, 15) is 4.79 Å². The molecule has 2 aromatic rings. The first-order valence-electron chi connectivity index (χ1n) is 7.23. The highest BCUT2D eigenvalue weighted by molar-refractivity contribution is 6.30. The van der Waals surface area contributed by atoms with Gasteiger partial charge in [0.25, 0.3) is 0 Å². The van der Waals surface area contributed by atoms with Crippen molar-refractivity contribution in [3.8, 4) is 5.75 Å². The van der Waals surface area contributed by atoms with Gasteiger partial charge in [-0.25, -0.2) is 4.79 Å². The maximum Gasteiger partial charge on any atom is 0.349 e. The Kier molecular flexibility index (Phi) is 4.97. The van der Waals surface area contributed by atoms with Gasteiger partial charge in [-0.3, -0.25) is 4.57 Å². The molecule has 4 N–H and O–H groups in total.